The second-order valence-electron chi connectivity index (χ2n) is 4.02. The fraction of sp³-hybridized carbons (Fsp3) is 0.417. The Morgan fingerprint density at radius 2 is 2.29 bits per heavy atom. The van der Waals surface area contributed by atoms with E-state index in [1.165, 1.54) is 6.07 Å². The zero-order valence-corrected chi connectivity index (χ0v) is 9.30. The van der Waals surface area contributed by atoms with Crippen molar-refractivity contribution in [2.24, 2.45) is 0 Å². The number of halogens is 1. The number of aliphatic carboxylic acids is 1. The molecule has 17 heavy (non-hydrogen) atoms. The van der Waals surface area contributed by atoms with E-state index in [1.807, 2.05) is 4.90 Å². The summed E-state index contributed by atoms with van der Waals surface area (Å²) in [5.74, 6) is -1.23. The minimum Gasteiger partial charge on any atom is -0.479 e. The molecule has 92 valence electrons. The SMILES string of the molecule is O=C(O)C1CN(Cc2ccccc2F)CCO1. The van der Waals surface area contributed by atoms with Gasteiger partial charge in [0.05, 0.1) is 6.61 Å². The number of rotatable bonds is 3. The lowest BCUT2D eigenvalue weighted by Crippen LogP contribution is -2.45. The van der Waals surface area contributed by atoms with Crippen molar-refractivity contribution in [1.82, 2.24) is 4.90 Å². The standard InChI is InChI=1S/C12H14FNO3/c13-10-4-2-1-3-9(10)7-14-5-6-17-11(8-14)12(15)16/h1-4,11H,5-8H2,(H,15,16). The van der Waals surface area contributed by atoms with E-state index in [0.717, 1.165) is 0 Å². The highest BCUT2D eigenvalue weighted by Crippen LogP contribution is 2.13. The van der Waals surface area contributed by atoms with Crippen LogP contribution in [0, 0.1) is 5.82 Å². The Kier molecular flexibility index (Phi) is 3.71. The maximum Gasteiger partial charge on any atom is 0.334 e. The molecule has 1 atom stereocenters. The van der Waals surface area contributed by atoms with Gasteiger partial charge in [0.25, 0.3) is 0 Å². The number of carboxylic acid groups (broad SMARTS) is 1. The quantitative estimate of drug-likeness (QED) is 0.858. The van der Waals surface area contributed by atoms with Crippen LogP contribution in [0.15, 0.2) is 24.3 Å². The third-order valence-electron chi connectivity index (χ3n) is 2.78. The van der Waals surface area contributed by atoms with Crippen molar-refractivity contribution in [3.8, 4) is 0 Å². The van der Waals surface area contributed by atoms with Crippen LogP contribution in [0.4, 0.5) is 4.39 Å². The Balaban J connectivity index is 1.99. The van der Waals surface area contributed by atoms with Crippen LogP contribution in [-0.4, -0.2) is 41.8 Å². The topological polar surface area (TPSA) is 49.8 Å². The summed E-state index contributed by atoms with van der Waals surface area (Å²) in [6, 6.07) is 6.52. The van der Waals surface area contributed by atoms with Gasteiger partial charge in [-0.25, -0.2) is 9.18 Å². The zero-order valence-electron chi connectivity index (χ0n) is 9.30. The van der Waals surface area contributed by atoms with Gasteiger partial charge in [-0.15, -0.1) is 0 Å². The van der Waals surface area contributed by atoms with E-state index in [4.69, 9.17) is 9.84 Å². The fourth-order valence-corrected chi connectivity index (χ4v) is 1.86. The van der Waals surface area contributed by atoms with E-state index in [-0.39, 0.29) is 5.82 Å². The van der Waals surface area contributed by atoms with Crippen LogP contribution in [0.3, 0.4) is 0 Å². The van der Waals surface area contributed by atoms with E-state index < -0.39 is 12.1 Å². The van der Waals surface area contributed by atoms with Crippen molar-refractivity contribution < 1.29 is 19.0 Å². The third kappa shape index (κ3) is 3.01. The number of carbonyl (C=O) groups is 1. The third-order valence-corrected chi connectivity index (χ3v) is 2.78. The summed E-state index contributed by atoms with van der Waals surface area (Å²) in [5, 5.41) is 8.85. The molecule has 0 saturated carbocycles. The number of hydrogen-bond acceptors (Lipinski definition) is 3. The molecule has 0 bridgehead atoms. The zero-order chi connectivity index (χ0) is 12.3. The number of ether oxygens (including phenoxy) is 1. The molecule has 1 aliphatic heterocycles. The van der Waals surface area contributed by atoms with E-state index in [2.05, 4.69) is 0 Å². The summed E-state index contributed by atoms with van der Waals surface area (Å²) in [7, 11) is 0. The number of carboxylic acids is 1. The molecule has 0 aromatic heterocycles. The van der Waals surface area contributed by atoms with Gasteiger partial charge in [0, 0.05) is 25.2 Å². The van der Waals surface area contributed by atoms with Gasteiger partial charge in [0.15, 0.2) is 6.10 Å². The molecule has 0 radical (unpaired) electrons. The summed E-state index contributed by atoms with van der Waals surface area (Å²) < 4.78 is 18.5. The Hall–Kier alpha value is -1.46. The molecule has 5 heteroatoms. The average molecular weight is 239 g/mol. The van der Waals surface area contributed by atoms with Crippen LogP contribution in [0.1, 0.15) is 5.56 Å². The molecule has 1 aromatic rings. The first-order valence-electron chi connectivity index (χ1n) is 5.47. The molecule has 0 aliphatic carbocycles. The van der Waals surface area contributed by atoms with Gasteiger partial charge in [-0.2, -0.15) is 0 Å². The Morgan fingerprint density at radius 1 is 1.53 bits per heavy atom. The van der Waals surface area contributed by atoms with Gasteiger partial charge in [-0.05, 0) is 6.07 Å². The number of morpholine rings is 1. The van der Waals surface area contributed by atoms with E-state index >= 15 is 0 Å². The molecule has 0 amide bonds. The second kappa shape index (κ2) is 5.25. The van der Waals surface area contributed by atoms with Crippen LogP contribution < -0.4 is 0 Å². The molecule has 1 aliphatic rings. The molecule has 4 nitrogen and oxygen atoms in total. The summed E-state index contributed by atoms with van der Waals surface area (Å²) in [6.07, 6.45) is -0.810. The second-order valence-corrected chi connectivity index (χ2v) is 4.02. The molecular formula is C12H14FNO3. The lowest BCUT2D eigenvalue weighted by molar-refractivity contribution is -0.156. The van der Waals surface area contributed by atoms with Crippen LogP contribution in [0.5, 0.6) is 0 Å². The first-order chi connectivity index (χ1) is 8.16. The molecule has 2 rings (SSSR count). The van der Waals surface area contributed by atoms with Crippen molar-refractivity contribution in [3.63, 3.8) is 0 Å². The Morgan fingerprint density at radius 3 is 3.00 bits per heavy atom. The highest BCUT2D eigenvalue weighted by Gasteiger charge is 2.26. The Labute approximate surface area is 98.6 Å². The van der Waals surface area contributed by atoms with Gasteiger partial charge in [-0.3, -0.25) is 4.90 Å². The normalized spacial score (nSPS) is 21.4. The molecule has 0 spiro atoms. The minimum absolute atomic E-state index is 0.258. The summed E-state index contributed by atoms with van der Waals surface area (Å²) in [5.41, 5.74) is 0.582. The number of hydrogen-bond donors (Lipinski definition) is 1. The Bertz CT molecular complexity index is 410. The van der Waals surface area contributed by atoms with Crippen LogP contribution in [0.2, 0.25) is 0 Å². The highest BCUT2D eigenvalue weighted by molar-refractivity contribution is 5.72. The predicted octanol–water partition coefficient (Wildman–Crippen LogP) is 1.11. The van der Waals surface area contributed by atoms with Gasteiger partial charge in [0.2, 0.25) is 0 Å². The van der Waals surface area contributed by atoms with Gasteiger partial charge >= 0.3 is 5.97 Å². The maximum absolute atomic E-state index is 13.4. The lowest BCUT2D eigenvalue weighted by atomic mass is 10.2. The monoisotopic (exact) mass is 239 g/mol. The first kappa shape index (κ1) is 12.0. The lowest BCUT2D eigenvalue weighted by Gasteiger charge is -2.30. The largest absolute Gasteiger partial charge is 0.479 e. The molecule has 1 unspecified atom stereocenters. The van der Waals surface area contributed by atoms with Crippen molar-refractivity contribution in [2.45, 2.75) is 12.6 Å². The fourth-order valence-electron chi connectivity index (χ4n) is 1.86. The van der Waals surface area contributed by atoms with E-state index in [9.17, 15) is 9.18 Å². The van der Waals surface area contributed by atoms with E-state index in [1.54, 1.807) is 18.2 Å². The molecule has 1 saturated heterocycles. The van der Waals surface area contributed by atoms with Crippen LogP contribution in [0.25, 0.3) is 0 Å². The molecule has 1 heterocycles. The number of benzene rings is 1. The minimum atomic E-state index is -0.969. The summed E-state index contributed by atoms with van der Waals surface area (Å²) in [6.45, 7) is 1.70. The van der Waals surface area contributed by atoms with Crippen molar-refractivity contribution in [1.29, 1.82) is 0 Å². The van der Waals surface area contributed by atoms with Crippen molar-refractivity contribution in [2.75, 3.05) is 19.7 Å². The maximum atomic E-state index is 13.4. The summed E-state index contributed by atoms with van der Waals surface area (Å²) >= 11 is 0. The molecule has 1 aromatic carbocycles. The predicted molar refractivity (Wildman–Crippen MR) is 59.1 cm³/mol. The van der Waals surface area contributed by atoms with Crippen molar-refractivity contribution in [3.05, 3.63) is 35.6 Å². The van der Waals surface area contributed by atoms with Crippen molar-refractivity contribution >= 4 is 5.97 Å². The first-order valence-corrected chi connectivity index (χ1v) is 5.47. The average Bonchev–Trinajstić information content (AvgIpc) is 2.32. The smallest absolute Gasteiger partial charge is 0.334 e. The van der Waals surface area contributed by atoms with E-state index in [0.29, 0.717) is 31.8 Å². The molecule has 1 N–H and O–H groups in total. The van der Waals surface area contributed by atoms with Gasteiger partial charge in [0.1, 0.15) is 5.82 Å². The molecular weight excluding hydrogens is 225 g/mol. The van der Waals surface area contributed by atoms with Crippen LogP contribution >= 0.6 is 0 Å². The molecule has 1 fully saturated rings. The van der Waals surface area contributed by atoms with Crippen LogP contribution in [-0.2, 0) is 16.1 Å². The van der Waals surface area contributed by atoms with Gasteiger partial charge in [-0.1, -0.05) is 18.2 Å². The summed E-state index contributed by atoms with van der Waals surface area (Å²) in [4.78, 5) is 12.7. The highest BCUT2D eigenvalue weighted by atomic mass is 19.1. The van der Waals surface area contributed by atoms with Gasteiger partial charge < -0.3 is 9.84 Å². The number of nitrogens with zero attached hydrogens (tertiary/aromatic N) is 1.